The van der Waals surface area contributed by atoms with Gasteiger partial charge in [0.25, 0.3) is 0 Å². The van der Waals surface area contributed by atoms with E-state index in [1.54, 1.807) is 0 Å². The molecule has 2 fully saturated rings. The Labute approximate surface area is 107 Å². The summed E-state index contributed by atoms with van der Waals surface area (Å²) in [7, 11) is 2.24. The van der Waals surface area contributed by atoms with Gasteiger partial charge in [-0.2, -0.15) is 0 Å². The van der Waals surface area contributed by atoms with E-state index in [2.05, 4.69) is 35.6 Å². The van der Waals surface area contributed by atoms with Crippen LogP contribution in [0.2, 0.25) is 0 Å². The highest BCUT2D eigenvalue weighted by atomic mass is 15.3. The molecule has 100 valence electrons. The average Bonchev–Trinajstić information content (AvgIpc) is 2.30. The van der Waals surface area contributed by atoms with Crippen molar-refractivity contribution in [3.8, 4) is 0 Å². The fourth-order valence-corrected chi connectivity index (χ4v) is 3.17. The minimum atomic E-state index is 0.815. The zero-order valence-electron chi connectivity index (χ0n) is 11.9. The summed E-state index contributed by atoms with van der Waals surface area (Å²) in [5.41, 5.74) is 0. The van der Waals surface area contributed by atoms with E-state index < -0.39 is 0 Å². The molecule has 2 rings (SSSR count). The molecule has 0 aliphatic carbocycles. The molecule has 0 unspecified atom stereocenters. The van der Waals surface area contributed by atoms with Gasteiger partial charge < -0.3 is 9.80 Å². The standard InChI is InChI=1S/C14H29N3/c1-13(2)12-16-6-4-14(5-7-16)17-10-8-15(3)9-11-17/h13-14H,4-12H2,1-3H3. The van der Waals surface area contributed by atoms with Crippen molar-refractivity contribution in [2.24, 2.45) is 5.92 Å². The lowest BCUT2D eigenvalue weighted by atomic mass is 10.0. The number of nitrogens with zero attached hydrogens (tertiary/aromatic N) is 3. The van der Waals surface area contributed by atoms with Gasteiger partial charge in [-0.1, -0.05) is 13.8 Å². The van der Waals surface area contributed by atoms with Gasteiger partial charge in [-0.25, -0.2) is 0 Å². The van der Waals surface area contributed by atoms with Crippen LogP contribution in [0.15, 0.2) is 0 Å². The maximum atomic E-state index is 2.73. The first-order valence-electron chi connectivity index (χ1n) is 7.30. The summed E-state index contributed by atoms with van der Waals surface area (Å²) in [6, 6.07) is 0.868. The third kappa shape index (κ3) is 3.94. The first kappa shape index (κ1) is 13.3. The third-order valence-electron chi connectivity index (χ3n) is 4.23. The van der Waals surface area contributed by atoms with Gasteiger partial charge in [0.15, 0.2) is 0 Å². The highest BCUT2D eigenvalue weighted by Gasteiger charge is 2.26. The predicted octanol–water partition coefficient (Wildman–Crippen LogP) is 1.35. The molecule has 17 heavy (non-hydrogen) atoms. The van der Waals surface area contributed by atoms with Crippen molar-refractivity contribution >= 4 is 0 Å². The van der Waals surface area contributed by atoms with Gasteiger partial charge in [-0.3, -0.25) is 4.90 Å². The topological polar surface area (TPSA) is 9.72 Å². The molecule has 0 amide bonds. The largest absolute Gasteiger partial charge is 0.304 e. The van der Waals surface area contributed by atoms with E-state index in [0.717, 1.165) is 12.0 Å². The quantitative estimate of drug-likeness (QED) is 0.736. The summed E-state index contributed by atoms with van der Waals surface area (Å²) in [6.07, 6.45) is 2.77. The van der Waals surface area contributed by atoms with Crippen molar-refractivity contribution < 1.29 is 0 Å². The Balaban J connectivity index is 1.71. The van der Waals surface area contributed by atoms with Crippen LogP contribution in [-0.4, -0.2) is 73.6 Å². The third-order valence-corrected chi connectivity index (χ3v) is 4.23. The van der Waals surface area contributed by atoms with Crippen LogP contribution in [0.1, 0.15) is 26.7 Å². The lowest BCUT2D eigenvalue weighted by Crippen LogP contribution is -2.52. The number of likely N-dealkylation sites (tertiary alicyclic amines) is 1. The minimum absolute atomic E-state index is 0.815. The van der Waals surface area contributed by atoms with Crippen molar-refractivity contribution in [3.63, 3.8) is 0 Å². The molecule has 0 saturated carbocycles. The molecular weight excluding hydrogens is 210 g/mol. The Morgan fingerprint density at radius 1 is 0.941 bits per heavy atom. The number of hydrogen-bond acceptors (Lipinski definition) is 3. The van der Waals surface area contributed by atoms with Crippen LogP contribution in [0.3, 0.4) is 0 Å². The van der Waals surface area contributed by atoms with Crippen molar-refractivity contribution in [1.82, 2.24) is 14.7 Å². The molecule has 0 spiro atoms. The van der Waals surface area contributed by atoms with Crippen molar-refractivity contribution in [1.29, 1.82) is 0 Å². The fraction of sp³-hybridized carbons (Fsp3) is 1.00. The average molecular weight is 239 g/mol. The number of piperidine rings is 1. The SMILES string of the molecule is CC(C)CN1CCC(N2CCN(C)CC2)CC1. The van der Waals surface area contributed by atoms with E-state index >= 15 is 0 Å². The van der Waals surface area contributed by atoms with Gasteiger partial charge in [0.2, 0.25) is 0 Å². The molecule has 0 atom stereocenters. The summed E-state index contributed by atoms with van der Waals surface area (Å²) < 4.78 is 0. The number of hydrogen-bond donors (Lipinski definition) is 0. The number of likely N-dealkylation sites (N-methyl/N-ethyl adjacent to an activating group) is 1. The number of piperazine rings is 1. The van der Waals surface area contributed by atoms with Gasteiger partial charge in [0.1, 0.15) is 0 Å². The summed E-state index contributed by atoms with van der Waals surface area (Å²) in [6.45, 7) is 13.6. The van der Waals surface area contributed by atoms with E-state index in [1.165, 1.54) is 58.7 Å². The van der Waals surface area contributed by atoms with E-state index in [9.17, 15) is 0 Å². The Morgan fingerprint density at radius 3 is 2.06 bits per heavy atom. The van der Waals surface area contributed by atoms with Crippen molar-refractivity contribution in [3.05, 3.63) is 0 Å². The van der Waals surface area contributed by atoms with Gasteiger partial charge >= 0.3 is 0 Å². The van der Waals surface area contributed by atoms with Crippen LogP contribution >= 0.6 is 0 Å². The maximum absolute atomic E-state index is 2.73. The molecule has 3 heteroatoms. The number of rotatable bonds is 3. The van der Waals surface area contributed by atoms with Crippen molar-refractivity contribution in [2.75, 3.05) is 52.9 Å². The molecule has 2 aliphatic rings. The first-order valence-corrected chi connectivity index (χ1v) is 7.30. The fourth-order valence-electron chi connectivity index (χ4n) is 3.17. The lowest BCUT2D eigenvalue weighted by molar-refractivity contribution is 0.0647. The Bertz CT molecular complexity index is 214. The Morgan fingerprint density at radius 2 is 1.53 bits per heavy atom. The monoisotopic (exact) mass is 239 g/mol. The molecule has 0 N–H and O–H groups in total. The molecule has 0 aromatic rings. The molecule has 0 aromatic heterocycles. The normalized spacial score (nSPS) is 26.8. The van der Waals surface area contributed by atoms with Crippen LogP contribution in [0, 0.1) is 5.92 Å². The first-order chi connectivity index (χ1) is 8.15. The van der Waals surface area contributed by atoms with Gasteiger partial charge in [-0.15, -0.1) is 0 Å². The molecule has 2 saturated heterocycles. The Kier molecular flexibility index (Phi) is 4.83. The van der Waals surface area contributed by atoms with E-state index in [1.807, 2.05) is 0 Å². The highest BCUT2D eigenvalue weighted by molar-refractivity contribution is 4.83. The second-order valence-corrected chi connectivity index (χ2v) is 6.26. The Hall–Kier alpha value is -0.120. The second kappa shape index (κ2) is 6.17. The molecular formula is C14H29N3. The summed E-state index contributed by atoms with van der Waals surface area (Å²) in [4.78, 5) is 7.83. The van der Waals surface area contributed by atoms with Crippen LogP contribution in [-0.2, 0) is 0 Å². The van der Waals surface area contributed by atoms with E-state index in [4.69, 9.17) is 0 Å². The van der Waals surface area contributed by atoms with E-state index in [-0.39, 0.29) is 0 Å². The van der Waals surface area contributed by atoms with Crippen LogP contribution in [0.5, 0.6) is 0 Å². The predicted molar refractivity (Wildman–Crippen MR) is 73.4 cm³/mol. The van der Waals surface area contributed by atoms with Crippen LogP contribution < -0.4 is 0 Å². The highest BCUT2D eigenvalue weighted by Crippen LogP contribution is 2.18. The molecule has 0 bridgehead atoms. The maximum Gasteiger partial charge on any atom is 0.0121 e. The zero-order chi connectivity index (χ0) is 12.3. The molecule has 2 heterocycles. The van der Waals surface area contributed by atoms with Gasteiger partial charge in [0, 0.05) is 38.8 Å². The second-order valence-electron chi connectivity index (χ2n) is 6.26. The molecule has 0 radical (unpaired) electrons. The molecule has 2 aliphatic heterocycles. The van der Waals surface area contributed by atoms with Crippen LogP contribution in [0.4, 0.5) is 0 Å². The summed E-state index contributed by atoms with van der Waals surface area (Å²) >= 11 is 0. The van der Waals surface area contributed by atoms with Crippen LogP contribution in [0.25, 0.3) is 0 Å². The van der Waals surface area contributed by atoms with E-state index in [0.29, 0.717) is 0 Å². The minimum Gasteiger partial charge on any atom is -0.304 e. The van der Waals surface area contributed by atoms with Gasteiger partial charge in [0.05, 0.1) is 0 Å². The molecule has 3 nitrogen and oxygen atoms in total. The smallest absolute Gasteiger partial charge is 0.0121 e. The molecule has 0 aromatic carbocycles. The zero-order valence-corrected chi connectivity index (χ0v) is 11.9. The summed E-state index contributed by atoms with van der Waals surface area (Å²) in [5, 5.41) is 0. The van der Waals surface area contributed by atoms with Crippen molar-refractivity contribution in [2.45, 2.75) is 32.7 Å². The lowest BCUT2D eigenvalue weighted by Gasteiger charge is -2.42. The summed E-state index contributed by atoms with van der Waals surface area (Å²) in [5.74, 6) is 0.815. The van der Waals surface area contributed by atoms with Gasteiger partial charge in [-0.05, 0) is 38.9 Å².